The van der Waals surface area contributed by atoms with Gasteiger partial charge in [0.1, 0.15) is 18.2 Å². The number of hydrogen-bond donors (Lipinski definition) is 0. The van der Waals surface area contributed by atoms with E-state index < -0.39 is 0 Å². The molecule has 0 spiro atoms. The second-order valence-corrected chi connectivity index (χ2v) is 8.77. The molecule has 176 valence electrons. The first-order valence-corrected chi connectivity index (χ1v) is 11.8. The largest absolute Gasteiger partial charge is 0.489 e. The summed E-state index contributed by atoms with van der Waals surface area (Å²) in [5.74, 6) is 0.404. The number of allylic oxidation sites excluding steroid dienone is 1. The van der Waals surface area contributed by atoms with Gasteiger partial charge in [-0.1, -0.05) is 54.6 Å². The van der Waals surface area contributed by atoms with Crippen LogP contribution in [0.2, 0.25) is 0 Å². The molecule has 5 aromatic rings. The lowest BCUT2D eigenvalue weighted by Crippen LogP contribution is -2.01. The highest BCUT2D eigenvalue weighted by Crippen LogP contribution is 2.28. The van der Waals surface area contributed by atoms with Crippen LogP contribution in [0.25, 0.3) is 28.1 Å². The molecule has 0 saturated heterocycles. The third-order valence-corrected chi connectivity index (χ3v) is 6.40. The van der Waals surface area contributed by atoms with Crippen molar-refractivity contribution in [3.63, 3.8) is 0 Å². The minimum atomic E-state index is -0.270. The molecule has 5 rings (SSSR count). The second-order valence-electron chi connectivity index (χ2n) is 8.77. The average molecular weight is 473 g/mol. The third-order valence-electron chi connectivity index (χ3n) is 6.40. The SMILES string of the molecule is Cc1cc(/C=C(/C#N)c2ccc3ccccc3c2)c(C)n1-c1ccc(OCc2ccccc2F)cc1. The number of aromatic nitrogens is 1. The van der Waals surface area contributed by atoms with Gasteiger partial charge in [0.05, 0.1) is 11.6 Å². The molecule has 0 radical (unpaired) electrons. The highest BCUT2D eigenvalue weighted by Gasteiger charge is 2.12. The van der Waals surface area contributed by atoms with E-state index in [0.717, 1.165) is 39.0 Å². The summed E-state index contributed by atoms with van der Waals surface area (Å²) in [6.07, 6.45) is 1.95. The van der Waals surface area contributed by atoms with E-state index in [0.29, 0.717) is 16.9 Å². The molecule has 0 saturated carbocycles. The molecule has 1 aromatic heterocycles. The van der Waals surface area contributed by atoms with Gasteiger partial charge in [0.2, 0.25) is 0 Å². The summed E-state index contributed by atoms with van der Waals surface area (Å²) in [6, 6.07) is 33.1. The number of aryl methyl sites for hydroxylation is 1. The molecule has 0 aliphatic carbocycles. The van der Waals surface area contributed by atoms with Gasteiger partial charge in [0.15, 0.2) is 0 Å². The van der Waals surface area contributed by atoms with Crippen LogP contribution in [0.3, 0.4) is 0 Å². The normalized spacial score (nSPS) is 11.4. The van der Waals surface area contributed by atoms with Gasteiger partial charge in [-0.15, -0.1) is 0 Å². The van der Waals surface area contributed by atoms with Crippen LogP contribution < -0.4 is 4.74 Å². The van der Waals surface area contributed by atoms with Crippen molar-refractivity contribution in [2.45, 2.75) is 20.5 Å². The van der Waals surface area contributed by atoms with Gasteiger partial charge in [-0.05, 0) is 84.3 Å². The number of hydrogen-bond acceptors (Lipinski definition) is 2. The van der Waals surface area contributed by atoms with Crippen molar-refractivity contribution in [3.05, 3.63) is 131 Å². The number of nitrogens with zero attached hydrogens (tertiary/aromatic N) is 2. The van der Waals surface area contributed by atoms with Gasteiger partial charge in [0.25, 0.3) is 0 Å². The molecule has 36 heavy (non-hydrogen) atoms. The van der Waals surface area contributed by atoms with Crippen molar-refractivity contribution in [1.82, 2.24) is 4.57 Å². The lowest BCUT2D eigenvalue weighted by Gasteiger charge is -2.12. The van der Waals surface area contributed by atoms with Crippen LogP contribution in [0.1, 0.15) is 28.1 Å². The molecule has 0 atom stereocenters. The number of ether oxygens (including phenoxy) is 1. The molecule has 0 bridgehead atoms. The number of rotatable bonds is 6. The van der Waals surface area contributed by atoms with Crippen molar-refractivity contribution >= 4 is 22.4 Å². The van der Waals surface area contributed by atoms with Gasteiger partial charge in [0, 0.05) is 22.6 Å². The van der Waals surface area contributed by atoms with E-state index in [4.69, 9.17) is 4.74 Å². The molecule has 0 unspecified atom stereocenters. The molecular weight excluding hydrogens is 447 g/mol. The fourth-order valence-electron chi connectivity index (χ4n) is 4.49. The van der Waals surface area contributed by atoms with Gasteiger partial charge < -0.3 is 9.30 Å². The summed E-state index contributed by atoms with van der Waals surface area (Å²) in [4.78, 5) is 0. The highest BCUT2D eigenvalue weighted by atomic mass is 19.1. The van der Waals surface area contributed by atoms with Crippen LogP contribution in [0, 0.1) is 31.0 Å². The van der Waals surface area contributed by atoms with Crippen LogP contribution >= 0.6 is 0 Å². The first-order valence-electron chi connectivity index (χ1n) is 11.8. The van der Waals surface area contributed by atoms with E-state index in [2.05, 4.69) is 54.8 Å². The highest BCUT2D eigenvalue weighted by molar-refractivity contribution is 5.94. The Bertz CT molecular complexity index is 1620. The van der Waals surface area contributed by atoms with Crippen LogP contribution in [-0.2, 0) is 6.61 Å². The molecule has 0 aliphatic heterocycles. The Morgan fingerprint density at radius 2 is 1.61 bits per heavy atom. The Hall–Kier alpha value is -4.62. The van der Waals surface area contributed by atoms with Crippen molar-refractivity contribution in [3.8, 4) is 17.5 Å². The molecule has 0 aliphatic rings. The molecule has 0 N–H and O–H groups in total. The lowest BCUT2D eigenvalue weighted by atomic mass is 10.0. The zero-order chi connectivity index (χ0) is 25.1. The van der Waals surface area contributed by atoms with E-state index in [1.54, 1.807) is 18.2 Å². The van der Waals surface area contributed by atoms with Crippen LogP contribution in [-0.4, -0.2) is 4.57 Å². The summed E-state index contributed by atoms with van der Waals surface area (Å²) in [7, 11) is 0. The van der Waals surface area contributed by atoms with Crippen molar-refractivity contribution in [2.75, 3.05) is 0 Å². The predicted octanol–water partition coefficient (Wildman–Crippen LogP) is 8.03. The summed E-state index contributed by atoms with van der Waals surface area (Å²) in [5.41, 5.74) is 6.14. The number of benzene rings is 4. The Balaban J connectivity index is 1.40. The molecular formula is C32H25FN2O. The van der Waals surface area contributed by atoms with Gasteiger partial charge in [-0.3, -0.25) is 0 Å². The Morgan fingerprint density at radius 1 is 0.889 bits per heavy atom. The van der Waals surface area contributed by atoms with E-state index in [1.807, 2.05) is 48.5 Å². The van der Waals surface area contributed by atoms with E-state index in [-0.39, 0.29) is 12.4 Å². The fraction of sp³-hybridized carbons (Fsp3) is 0.0938. The van der Waals surface area contributed by atoms with E-state index in [9.17, 15) is 9.65 Å². The average Bonchev–Trinajstić information content (AvgIpc) is 3.19. The zero-order valence-corrected chi connectivity index (χ0v) is 20.2. The molecule has 4 heteroatoms. The van der Waals surface area contributed by atoms with Gasteiger partial charge in [-0.25, -0.2) is 4.39 Å². The fourth-order valence-corrected chi connectivity index (χ4v) is 4.49. The zero-order valence-electron chi connectivity index (χ0n) is 20.2. The van der Waals surface area contributed by atoms with Gasteiger partial charge >= 0.3 is 0 Å². The first kappa shape index (κ1) is 23.1. The van der Waals surface area contributed by atoms with Crippen molar-refractivity contribution in [1.29, 1.82) is 5.26 Å². The minimum absolute atomic E-state index is 0.175. The Kier molecular flexibility index (Phi) is 6.38. The maximum Gasteiger partial charge on any atom is 0.129 e. The lowest BCUT2D eigenvalue weighted by molar-refractivity contribution is 0.300. The standard InChI is InChI=1S/C32H25FN2O/c1-22-17-28(19-29(20-34)26-12-11-24-7-3-4-8-25(24)18-26)23(2)35(22)30-13-15-31(16-14-30)36-21-27-9-5-6-10-32(27)33/h3-19H,21H2,1-2H3/b29-19-. The van der Waals surface area contributed by atoms with Crippen molar-refractivity contribution in [2.24, 2.45) is 0 Å². The van der Waals surface area contributed by atoms with E-state index >= 15 is 0 Å². The predicted molar refractivity (Wildman–Crippen MR) is 143 cm³/mol. The van der Waals surface area contributed by atoms with Crippen molar-refractivity contribution < 1.29 is 9.13 Å². The number of nitriles is 1. The first-order chi connectivity index (χ1) is 17.5. The maximum absolute atomic E-state index is 13.9. The third kappa shape index (κ3) is 4.64. The quantitative estimate of drug-likeness (QED) is 0.235. The Morgan fingerprint density at radius 3 is 2.36 bits per heavy atom. The topological polar surface area (TPSA) is 38.0 Å². The monoisotopic (exact) mass is 472 g/mol. The van der Waals surface area contributed by atoms with Crippen LogP contribution in [0.4, 0.5) is 4.39 Å². The smallest absolute Gasteiger partial charge is 0.129 e. The molecule has 0 fully saturated rings. The molecule has 3 nitrogen and oxygen atoms in total. The summed E-state index contributed by atoms with van der Waals surface area (Å²) in [5, 5.41) is 12.2. The van der Waals surface area contributed by atoms with Crippen LogP contribution in [0.15, 0.2) is 97.1 Å². The van der Waals surface area contributed by atoms with Crippen LogP contribution in [0.5, 0.6) is 5.75 Å². The minimum Gasteiger partial charge on any atom is -0.489 e. The van der Waals surface area contributed by atoms with E-state index in [1.165, 1.54) is 6.07 Å². The second kappa shape index (κ2) is 9.93. The number of fused-ring (bicyclic) bond motifs is 1. The van der Waals surface area contributed by atoms with Gasteiger partial charge in [-0.2, -0.15) is 5.26 Å². The Labute approximate surface area is 210 Å². The molecule has 4 aromatic carbocycles. The molecule has 1 heterocycles. The molecule has 0 amide bonds. The summed E-state index contributed by atoms with van der Waals surface area (Å²) < 4.78 is 21.8. The number of halogens is 1. The maximum atomic E-state index is 13.9. The summed E-state index contributed by atoms with van der Waals surface area (Å²) >= 11 is 0. The summed E-state index contributed by atoms with van der Waals surface area (Å²) in [6.45, 7) is 4.28.